The Balaban J connectivity index is 1.53. The number of hydrogen-bond donors (Lipinski definition) is 1. The molecule has 0 saturated heterocycles. The minimum Gasteiger partial charge on any atom is -0.313 e. The second kappa shape index (κ2) is 6.16. The van der Waals surface area contributed by atoms with E-state index in [1.165, 1.54) is 83.6 Å². The van der Waals surface area contributed by atoms with E-state index < -0.39 is 0 Å². The van der Waals surface area contributed by atoms with Gasteiger partial charge in [0.1, 0.15) is 0 Å². The van der Waals surface area contributed by atoms with E-state index in [1.54, 1.807) is 0 Å². The summed E-state index contributed by atoms with van der Waals surface area (Å²) >= 11 is 0. The lowest BCUT2D eigenvalue weighted by Gasteiger charge is -2.44. The summed E-state index contributed by atoms with van der Waals surface area (Å²) in [6.45, 7) is 3.78. The molecule has 19 heavy (non-hydrogen) atoms. The van der Waals surface area contributed by atoms with Crippen molar-refractivity contribution in [1.82, 2.24) is 5.32 Å². The number of hydrogen-bond acceptors (Lipinski definition) is 1. The SMILES string of the molecule is CC1(CNC2CCCCC2C2CCCCC2)CCC1. The standard InChI is InChI=1S/C18H33N/c1-18(12-7-13-18)14-19-17-11-6-5-10-16(17)15-8-3-2-4-9-15/h15-17,19H,2-14H2,1H3. The highest BCUT2D eigenvalue weighted by Gasteiger charge is 2.36. The average Bonchev–Trinajstić information content (AvgIpc) is 2.44. The molecule has 3 saturated carbocycles. The van der Waals surface area contributed by atoms with E-state index in [-0.39, 0.29) is 0 Å². The molecule has 3 aliphatic carbocycles. The Morgan fingerprint density at radius 3 is 2.21 bits per heavy atom. The van der Waals surface area contributed by atoms with Gasteiger partial charge in [-0.3, -0.25) is 0 Å². The second-order valence-electron chi connectivity index (χ2n) is 8.00. The van der Waals surface area contributed by atoms with Crippen molar-refractivity contribution in [3.8, 4) is 0 Å². The average molecular weight is 263 g/mol. The molecular weight excluding hydrogens is 230 g/mol. The highest BCUT2D eigenvalue weighted by molar-refractivity contribution is 4.91. The summed E-state index contributed by atoms with van der Waals surface area (Å²) in [7, 11) is 0. The van der Waals surface area contributed by atoms with E-state index >= 15 is 0 Å². The monoisotopic (exact) mass is 263 g/mol. The van der Waals surface area contributed by atoms with Crippen molar-refractivity contribution in [3.05, 3.63) is 0 Å². The largest absolute Gasteiger partial charge is 0.313 e. The van der Waals surface area contributed by atoms with Gasteiger partial charge >= 0.3 is 0 Å². The fourth-order valence-corrected chi connectivity index (χ4v) is 4.87. The Morgan fingerprint density at radius 2 is 1.53 bits per heavy atom. The van der Waals surface area contributed by atoms with Crippen LogP contribution in [0.4, 0.5) is 0 Å². The first-order valence-corrected chi connectivity index (χ1v) is 9.00. The van der Waals surface area contributed by atoms with E-state index in [9.17, 15) is 0 Å². The Hall–Kier alpha value is -0.0400. The minimum atomic E-state index is 0.647. The summed E-state index contributed by atoms with van der Waals surface area (Å²) in [6, 6.07) is 0.856. The van der Waals surface area contributed by atoms with Crippen LogP contribution in [0.3, 0.4) is 0 Å². The maximum absolute atomic E-state index is 4.01. The molecule has 0 aliphatic heterocycles. The van der Waals surface area contributed by atoms with Gasteiger partial charge in [0, 0.05) is 12.6 Å². The van der Waals surface area contributed by atoms with Crippen LogP contribution in [-0.4, -0.2) is 12.6 Å². The zero-order valence-electron chi connectivity index (χ0n) is 12.9. The highest BCUT2D eigenvalue weighted by atomic mass is 14.9. The van der Waals surface area contributed by atoms with Gasteiger partial charge in [0.05, 0.1) is 0 Å². The quantitative estimate of drug-likeness (QED) is 0.760. The van der Waals surface area contributed by atoms with Gasteiger partial charge in [0.15, 0.2) is 0 Å². The molecule has 3 fully saturated rings. The summed E-state index contributed by atoms with van der Waals surface area (Å²) in [6.07, 6.45) is 17.9. The molecule has 3 aliphatic rings. The first-order chi connectivity index (χ1) is 9.27. The molecular formula is C18H33N. The van der Waals surface area contributed by atoms with Crippen LogP contribution in [0.1, 0.15) is 84.0 Å². The van der Waals surface area contributed by atoms with E-state index in [0.717, 1.165) is 17.9 Å². The molecule has 0 heterocycles. The van der Waals surface area contributed by atoms with Gasteiger partial charge in [-0.1, -0.05) is 58.3 Å². The number of nitrogens with one attached hydrogen (secondary N) is 1. The molecule has 0 bridgehead atoms. The lowest BCUT2D eigenvalue weighted by atomic mass is 9.68. The van der Waals surface area contributed by atoms with Crippen molar-refractivity contribution >= 4 is 0 Å². The van der Waals surface area contributed by atoms with E-state index in [1.807, 2.05) is 0 Å². The molecule has 0 radical (unpaired) electrons. The maximum Gasteiger partial charge on any atom is 0.00982 e. The van der Waals surface area contributed by atoms with Gasteiger partial charge in [-0.2, -0.15) is 0 Å². The lowest BCUT2D eigenvalue weighted by Crippen LogP contribution is -2.47. The summed E-state index contributed by atoms with van der Waals surface area (Å²) in [5.41, 5.74) is 0.647. The molecule has 0 amide bonds. The molecule has 0 aromatic carbocycles. The molecule has 2 atom stereocenters. The van der Waals surface area contributed by atoms with Crippen molar-refractivity contribution in [2.75, 3.05) is 6.54 Å². The molecule has 0 aromatic heterocycles. The first-order valence-electron chi connectivity index (χ1n) is 9.00. The Kier molecular flexibility index (Phi) is 4.51. The lowest BCUT2D eigenvalue weighted by molar-refractivity contribution is 0.109. The molecule has 110 valence electrons. The normalized spacial score (nSPS) is 35.8. The van der Waals surface area contributed by atoms with Crippen LogP contribution in [0.15, 0.2) is 0 Å². The summed E-state index contributed by atoms with van der Waals surface area (Å²) < 4.78 is 0. The third kappa shape index (κ3) is 3.35. The van der Waals surface area contributed by atoms with E-state index in [4.69, 9.17) is 0 Å². The van der Waals surface area contributed by atoms with E-state index in [0.29, 0.717) is 5.41 Å². The van der Waals surface area contributed by atoms with Crippen molar-refractivity contribution in [3.63, 3.8) is 0 Å². The number of rotatable bonds is 4. The fourth-order valence-electron chi connectivity index (χ4n) is 4.87. The summed E-state index contributed by atoms with van der Waals surface area (Å²) in [4.78, 5) is 0. The minimum absolute atomic E-state index is 0.647. The van der Waals surface area contributed by atoms with Crippen LogP contribution in [-0.2, 0) is 0 Å². The van der Waals surface area contributed by atoms with Crippen LogP contribution in [0.25, 0.3) is 0 Å². The zero-order valence-corrected chi connectivity index (χ0v) is 12.9. The van der Waals surface area contributed by atoms with Gasteiger partial charge in [0.25, 0.3) is 0 Å². The maximum atomic E-state index is 4.01. The summed E-state index contributed by atoms with van der Waals surface area (Å²) in [5.74, 6) is 2.07. The first kappa shape index (κ1) is 13.9. The Bertz CT molecular complexity index is 275. The molecule has 1 heteroatoms. The fraction of sp³-hybridized carbons (Fsp3) is 1.00. The smallest absolute Gasteiger partial charge is 0.00982 e. The van der Waals surface area contributed by atoms with Gasteiger partial charge < -0.3 is 5.32 Å². The van der Waals surface area contributed by atoms with Crippen LogP contribution >= 0.6 is 0 Å². The topological polar surface area (TPSA) is 12.0 Å². The van der Waals surface area contributed by atoms with E-state index in [2.05, 4.69) is 12.2 Å². The predicted molar refractivity (Wildman–Crippen MR) is 82.3 cm³/mol. The zero-order chi connectivity index (χ0) is 13.1. The van der Waals surface area contributed by atoms with Gasteiger partial charge in [-0.05, 0) is 42.9 Å². The Labute approximate surface area is 119 Å². The third-order valence-electron chi connectivity index (χ3n) is 6.43. The molecule has 2 unspecified atom stereocenters. The van der Waals surface area contributed by atoms with Crippen molar-refractivity contribution in [1.29, 1.82) is 0 Å². The van der Waals surface area contributed by atoms with Crippen LogP contribution in [0, 0.1) is 17.3 Å². The van der Waals surface area contributed by atoms with Gasteiger partial charge in [-0.25, -0.2) is 0 Å². The van der Waals surface area contributed by atoms with Gasteiger partial charge in [0.2, 0.25) is 0 Å². The molecule has 0 spiro atoms. The predicted octanol–water partition coefficient (Wildman–Crippen LogP) is 4.91. The second-order valence-corrected chi connectivity index (χ2v) is 8.00. The van der Waals surface area contributed by atoms with Crippen molar-refractivity contribution in [2.45, 2.75) is 90.0 Å². The molecule has 1 N–H and O–H groups in total. The van der Waals surface area contributed by atoms with Crippen LogP contribution in [0.2, 0.25) is 0 Å². The van der Waals surface area contributed by atoms with Crippen LogP contribution < -0.4 is 5.32 Å². The third-order valence-corrected chi connectivity index (χ3v) is 6.43. The highest BCUT2D eigenvalue weighted by Crippen LogP contribution is 2.41. The molecule has 0 aromatic rings. The molecule has 3 rings (SSSR count). The van der Waals surface area contributed by atoms with Crippen molar-refractivity contribution < 1.29 is 0 Å². The van der Waals surface area contributed by atoms with Gasteiger partial charge in [-0.15, -0.1) is 0 Å². The molecule has 1 nitrogen and oxygen atoms in total. The summed E-state index contributed by atoms with van der Waals surface area (Å²) in [5, 5.41) is 4.01. The van der Waals surface area contributed by atoms with Crippen LogP contribution in [0.5, 0.6) is 0 Å². The van der Waals surface area contributed by atoms with Crippen molar-refractivity contribution in [2.24, 2.45) is 17.3 Å². The Morgan fingerprint density at radius 1 is 0.842 bits per heavy atom.